The second-order valence-corrected chi connectivity index (χ2v) is 4.68. The highest BCUT2D eigenvalue weighted by molar-refractivity contribution is 9.10. The van der Waals surface area contributed by atoms with E-state index in [2.05, 4.69) is 21.2 Å². The number of para-hydroxylation sites is 2. The first kappa shape index (κ1) is 14.4. The van der Waals surface area contributed by atoms with Crippen LogP contribution in [0.25, 0.3) is 6.08 Å². The lowest BCUT2D eigenvalue weighted by atomic mass is 10.3. The van der Waals surface area contributed by atoms with Gasteiger partial charge in [-0.1, -0.05) is 12.1 Å². The second kappa shape index (κ2) is 6.96. The van der Waals surface area contributed by atoms with Crippen LogP contribution in [0.1, 0.15) is 12.7 Å². The zero-order valence-corrected chi connectivity index (χ0v) is 12.5. The number of anilines is 1. The number of halogens is 1. The molecule has 1 amide bonds. The van der Waals surface area contributed by atoms with Crippen molar-refractivity contribution in [2.75, 3.05) is 11.9 Å². The molecule has 0 radical (unpaired) electrons. The molecule has 1 aromatic heterocycles. The highest BCUT2D eigenvalue weighted by atomic mass is 79.9. The molecule has 2 rings (SSSR count). The number of furan rings is 1. The Kier molecular flexibility index (Phi) is 5.01. The molecule has 0 aliphatic carbocycles. The van der Waals surface area contributed by atoms with Gasteiger partial charge in [0.05, 0.1) is 12.3 Å². The summed E-state index contributed by atoms with van der Waals surface area (Å²) in [6.45, 7) is 2.44. The van der Waals surface area contributed by atoms with Crippen molar-refractivity contribution in [3.63, 3.8) is 0 Å². The number of carbonyl (C=O) groups excluding carboxylic acids is 1. The molecule has 1 aromatic carbocycles. The number of hydrogen-bond donors (Lipinski definition) is 1. The Balaban J connectivity index is 2.03. The molecule has 0 aliphatic rings. The third-order valence-electron chi connectivity index (χ3n) is 2.44. The van der Waals surface area contributed by atoms with E-state index in [4.69, 9.17) is 9.15 Å². The van der Waals surface area contributed by atoms with Gasteiger partial charge in [0.25, 0.3) is 0 Å². The van der Waals surface area contributed by atoms with Gasteiger partial charge in [-0.15, -0.1) is 0 Å². The van der Waals surface area contributed by atoms with E-state index < -0.39 is 0 Å². The first-order valence-corrected chi connectivity index (χ1v) is 6.94. The predicted octanol–water partition coefficient (Wildman–Crippen LogP) is 4.09. The Morgan fingerprint density at radius 1 is 1.35 bits per heavy atom. The van der Waals surface area contributed by atoms with Crippen molar-refractivity contribution in [3.05, 3.63) is 52.9 Å². The van der Waals surface area contributed by atoms with E-state index in [1.807, 2.05) is 25.1 Å². The van der Waals surface area contributed by atoms with Crippen LogP contribution in [0.15, 0.2) is 51.6 Å². The van der Waals surface area contributed by atoms with Crippen LogP contribution >= 0.6 is 15.9 Å². The maximum atomic E-state index is 11.8. The van der Waals surface area contributed by atoms with E-state index in [-0.39, 0.29) is 5.91 Å². The molecule has 20 heavy (non-hydrogen) atoms. The number of carbonyl (C=O) groups is 1. The minimum absolute atomic E-state index is 0.246. The molecule has 0 atom stereocenters. The fourth-order valence-electron chi connectivity index (χ4n) is 1.60. The molecule has 1 heterocycles. The van der Waals surface area contributed by atoms with Crippen LogP contribution in [-0.4, -0.2) is 12.5 Å². The van der Waals surface area contributed by atoms with E-state index in [1.54, 1.807) is 24.3 Å². The Morgan fingerprint density at radius 2 is 2.15 bits per heavy atom. The summed E-state index contributed by atoms with van der Waals surface area (Å²) in [7, 11) is 0. The highest BCUT2D eigenvalue weighted by Crippen LogP contribution is 2.23. The average Bonchev–Trinajstić information content (AvgIpc) is 2.85. The molecular formula is C15H14BrNO3. The van der Waals surface area contributed by atoms with E-state index in [1.165, 1.54) is 6.08 Å². The summed E-state index contributed by atoms with van der Waals surface area (Å²) >= 11 is 3.20. The second-order valence-electron chi connectivity index (χ2n) is 3.89. The molecule has 1 N–H and O–H groups in total. The molecule has 0 spiro atoms. The maximum Gasteiger partial charge on any atom is 0.248 e. The summed E-state index contributed by atoms with van der Waals surface area (Å²) in [5, 5.41) is 2.77. The fraction of sp³-hybridized carbons (Fsp3) is 0.133. The van der Waals surface area contributed by atoms with Crippen LogP contribution in [0.3, 0.4) is 0 Å². The first-order chi connectivity index (χ1) is 9.69. The minimum atomic E-state index is -0.246. The number of hydrogen-bond acceptors (Lipinski definition) is 3. The third-order valence-corrected chi connectivity index (χ3v) is 2.86. The molecule has 0 saturated carbocycles. The summed E-state index contributed by atoms with van der Waals surface area (Å²) in [6, 6.07) is 10.8. The molecule has 5 heteroatoms. The molecule has 0 aliphatic heterocycles. The van der Waals surface area contributed by atoms with Crippen molar-refractivity contribution in [1.29, 1.82) is 0 Å². The molecular weight excluding hydrogens is 322 g/mol. The number of ether oxygens (including phenoxy) is 1. The van der Waals surface area contributed by atoms with Crippen molar-refractivity contribution in [2.45, 2.75) is 6.92 Å². The number of benzene rings is 1. The topological polar surface area (TPSA) is 51.5 Å². The fourth-order valence-corrected chi connectivity index (χ4v) is 1.92. The Labute approximate surface area is 125 Å². The van der Waals surface area contributed by atoms with Gasteiger partial charge in [-0.2, -0.15) is 0 Å². The van der Waals surface area contributed by atoms with Gasteiger partial charge in [0.1, 0.15) is 11.5 Å². The summed E-state index contributed by atoms with van der Waals surface area (Å²) in [6.07, 6.45) is 3.01. The summed E-state index contributed by atoms with van der Waals surface area (Å²) in [5.41, 5.74) is 0.643. The minimum Gasteiger partial charge on any atom is -0.492 e. The largest absolute Gasteiger partial charge is 0.492 e. The maximum absolute atomic E-state index is 11.8. The lowest BCUT2D eigenvalue weighted by Crippen LogP contribution is -2.09. The predicted molar refractivity (Wildman–Crippen MR) is 81.7 cm³/mol. The number of amides is 1. The van der Waals surface area contributed by atoms with Crippen LogP contribution in [0.5, 0.6) is 5.75 Å². The molecule has 4 nitrogen and oxygen atoms in total. The molecule has 2 aromatic rings. The zero-order valence-electron chi connectivity index (χ0n) is 10.9. The number of rotatable bonds is 5. The van der Waals surface area contributed by atoms with Crippen molar-refractivity contribution in [3.8, 4) is 5.75 Å². The van der Waals surface area contributed by atoms with Gasteiger partial charge in [-0.3, -0.25) is 4.79 Å². The van der Waals surface area contributed by atoms with E-state index in [0.717, 1.165) is 0 Å². The molecule has 0 fully saturated rings. The monoisotopic (exact) mass is 335 g/mol. The van der Waals surface area contributed by atoms with Gasteiger partial charge in [-0.05, 0) is 53.2 Å². The van der Waals surface area contributed by atoms with Crippen molar-refractivity contribution in [1.82, 2.24) is 0 Å². The average molecular weight is 336 g/mol. The van der Waals surface area contributed by atoms with Gasteiger partial charge < -0.3 is 14.5 Å². The van der Waals surface area contributed by atoms with Gasteiger partial charge >= 0.3 is 0 Å². The van der Waals surface area contributed by atoms with E-state index in [9.17, 15) is 4.79 Å². The van der Waals surface area contributed by atoms with Crippen LogP contribution in [0.2, 0.25) is 0 Å². The molecule has 0 unspecified atom stereocenters. The van der Waals surface area contributed by atoms with E-state index >= 15 is 0 Å². The van der Waals surface area contributed by atoms with Gasteiger partial charge in [0.2, 0.25) is 5.91 Å². The summed E-state index contributed by atoms with van der Waals surface area (Å²) in [4.78, 5) is 11.8. The van der Waals surface area contributed by atoms with Crippen LogP contribution in [0.4, 0.5) is 5.69 Å². The first-order valence-electron chi connectivity index (χ1n) is 6.15. The Hall–Kier alpha value is -2.01. The molecule has 0 saturated heterocycles. The summed E-state index contributed by atoms with van der Waals surface area (Å²) < 4.78 is 11.3. The Bertz CT molecular complexity index is 619. The molecule has 0 bridgehead atoms. The summed E-state index contributed by atoms with van der Waals surface area (Å²) in [5.74, 6) is 1.01. The third kappa shape index (κ3) is 3.99. The van der Waals surface area contributed by atoms with E-state index in [0.29, 0.717) is 28.5 Å². The van der Waals surface area contributed by atoms with Crippen LogP contribution in [0, 0.1) is 0 Å². The van der Waals surface area contributed by atoms with Crippen molar-refractivity contribution >= 4 is 33.6 Å². The smallest absolute Gasteiger partial charge is 0.248 e. The lowest BCUT2D eigenvalue weighted by molar-refractivity contribution is -0.111. The van der Waals surface area contributed by atoms with Crippen molar-refractivity contribution < 1.29 is 13.9 Å². The SMILES string of the molecule is CCOc1ccccc1NC(=O)C=Cc1ccc(Br)o1. The number of nitrogens with one attached hydrogen (secondary N) is 1. The van der Waals surface area contributed by atoms with Crippen LogP contribution in [-0.2, 0) is 4.79 Å². The molecule has 104 valence electrons. The quantitative estimate of drug-likeness (QED) is 0.837. The zero-order chi connectivity index (χ0) is 14.4. The van der Waals surface area contributed by atoms with Crippen LogP contribution < -0.4 is 10.1 Å². The lowest BCUT2D eigenvalue weighted by Gasteiger charge is -2.09. The van der Waals surface area contributed by atoms with Crippen molar-refractivity contribution in [2.24, 2.45) is 0 Å². The normalized spacial score (nSPS) is 10.7. The highest BCUT2D eigenvalue weighted by Gasteiger charge is 2.05. The van der Waals surface area contributed by atoms with Gasteiger partial charge in [0.15, 0.2) is 4.67 Å². The Morgan fingerprint density at radius 3 is 2.85 bits per heavy atom. The standard InChI is InChI=1S/C15H14BrNO3/c1-2-19-13-6-4-3-5-12(13)17-15(18)10-8-11-7-9-14(16)20-11/h3-10H,2H2,1H3,(H,17,18). The van der Waals surface area contributed by atoms with Gasteiger partial charge in [0, 0.05) is 6.08 Å². The van der Waals surface area contributed by atoms with Gasteiger partial charge in [-0.25, -0.2) is 0 Å².